The molecule has 0 unspecified atom stereocenters. The number of aryl methyl sites for hydroxylation is 4. The van der Waals surface area contributed by atoms with Crippen molar-refractivity contribution >= 4 is 0 Å². The van der Waals surface area contributed by atoms with Crippen LogP contribution in [0.25, 0.3) is 34.2 Å². The van der Waals surface area contributed by atoms with E-state index in [0.29, 0.717) is 23.0 Å². The molecule has 4 heteroatoms. The lowest BCUT2D eigenvalue weighted by Crippen LogP contribution is -2.02. The van der Waals surface area contributed by atoms with E-state index in [9.17, 15) is 5.11 Å². The highest BCUT2D eigenvalue weighted by molar-refractivity contribution is 5.69. The number of nitrogens with zero attached hydrogens (tertiary/aromatic N) is 3. The first-order valence-electron chi connectivity index (χ1n) is 9.53. The van der Waals surface area contributed by atoms with Crippen LogP contribution < -0.4 is 0 Å². The van der Waals surface area contributed by atoms with Gasteiger partial charge in [-0.05, 0) is 63.1 Å². The van der Waals surface area contributed by atoms with Gasteiger partial charge in [-0.25, -0.2) is 15.0 Å². The lowest BCUT2D eigenvalue weighted by Gasteiger charge is -2.12. The summed E-state index contributed by atoms with van der Waals surface area (Å²) < 4.78 is 0. The molecule has 1 radical (unpaired) electrons. The molecular weight excluding hydrogens is 358 g/mol. The van der Waals surface area contributed by atoms with Crippen LogP contribution in [0.1, 0.15) is 22.3 Å². The number of phenolic OH excluding ortho intramolecular Hbond substituents is 1. The number of hydrogen-bond acceptors (Lipinski definition) is 4. The first-order valence-corrected chi connectivity index (χ1v) is 9.53. The van der Waals surface area contributed by atoms with Crippen LogP contribution in [0.2, 0.25) is 0 Å². The fraction of sp³-hybridized carbons (Fsp3) is 0.160. The normalized spacial score (nSPS) is 10.9. The Bertz CT molecular complexity index is 1130. The molecule has 4 nitrogen and oxygen atoms in total. The fourth-order valence-electron chi connectivity index (χ4n) is 3.42. The Morgan fingerprint density at radius 1 is 0.655 bits per heavy atom. The third kappa shape index (κ3) is 3.87. The third-order valence-electron chi connectivity index (χ3n) is 4.92. The van der Waals surface area contributed by atoms with Gasteiger partial charge in [-0.3, -0.25) is 0 Å². The molecular formula is C25H22N3O. The van der Waals surface area contributed by atoms with E-state index < -0.39 is 0 Å². The van der Waals surface area contributed by atoms with Crippen molar-refractivity contribution in [2.45, 2.75) is 27.7 Å². The number of phenols is 1. The van der Waals surface area contributed by atoms with Crippen molar-refractivity contribution in [2.24, 2.45) is 0 Å². The number of benzene rings is 3. The second-order valence-electron chi connectivity index (χ2n) is 7.40. The minimum absolute atomic E-state index is 0.159. The van der Waals surface area contributed by atoms with Gasteiger partial charge in [0.1, 0.15) is 5.75 Å². The van der Waals surface area contributed by atoms with E-state index >= 15 is 0 Å². The molecule has 29 heavy (non-hydrogen) atoms. The SMILES string of the molecule is Cc1ccc(-c2nc(-c3[c]cc(O)cc3)nc(-c3ccc(C)cc3C)n2)c(C)c1. The summed E-state index contributed by atoms with van der Waals surface area (Å²) in [5.41, 5.74) is 7.28. The van der Waals surface area contributed by atoms with Gasteiger partial charge in [-0.2, -0.15) is 0 Å². The molecule has 0 fully saturated rings. The van der Waals surface area contributed by atoms with Crippen molar-refractivity contribution < 1.29 is 5.11 Å². The molecule has 1 N–H and O–H groups in total. The molecule has 3 aromatic carbocycles. The minimum Gasteiger partial charge on any atom is -0.508 e. The van der Waals surface area contributed by atoms with Crippen LogP contribution >= 0.6 is 0 Å². The van der Waals surface area contributed by atoms with Gasteiger partial charge >= 0.3 is 0 Å². The van der Waals surface area contributed by atoms with E-state index in [1.165, 1.54) is 17.2 Å². The summed E-state index contributed by atoms with van der Waals surface area (Å²) in [7, 11) is 0. The van der Waals surface area contributed by atoms with E-state index in [1.54, 1.807) is 12.1 Å². The monoisotopic (exact) mass is 380 g/mol. The lowest BCUT2D eigenvalue weighted by atomic mass is 10.0. The number of hydrogen-bond donors (Lipinski definition) is 1. The molecule has 0 amide bonds. The summed E-state index contributed by atoms with van der Waals surface area (Å²) in [6.45, 7) is 8.27. The maximum atomic E-state index is 9.61. The van der Waals surface area contributed by atoms with E-state index in [-0.39, 0.29) is 5.75 Å². The van der Waals surface area contributed by atoms with Gasteiger partial charge < -0.3 is 5.11 Å². The van der Waals surface area contributed by atoms with E-state index in [2.05, 4.69) is 70.2 Å². The van der Waals surface area contributed by atoms with Gasteiger partial charge in [0.15, 0.2) is 17.5 Å². The van der Waals surface area contributed by atoms with E-state index in [0.717, 1.165) is 22.3 Å². The van der Waals surface area contributed by atoms with Crippen LogP contribution in [0.15, 0.2) is 54.6 Å². The highest BCUT2D eigenvalue weighted by Crippen LogP contribution is 2.28. The van der Waals surface area contributed by atoms with Crippen molar-refractivity contribution in [3.63, 3.8) is 0 Å². The van der Waals surface area contributed by atoms with Crippen molar-refractivity contribution in [1.82, 2.24) is 15.0 Å². The second-order valence-corrected chi connectivity index (χ2v) is 7.40. The molecule has 143 valence electrons. The molecule has 0 spiro atoms. The Hall–Kier alpha value is -3.53. The summed E-state index contributed by atoms with van der Waals surface area (Å²) in [4.78, 5) is 14.3. The van der Waals surface area contributed by atoms with Gasteiger partial charge in [0.25, 0.3) is 0 Å². The predicted octanol–water partition coefficient (Wildman–Crippen LogP) is 5.61. The fourth-order valence-corrected chi connectivity index (χ4v) is 3.42. The lowest BCUT2D eigenvalue weighted by molar-refractivity contribution is 0.475. The smallest absolute Gasteiger partial charge is 0.164 e. The van der Waals surface area contributed by atoms with Gasteiger partial charge in [-0.15, -0.1) is 0 Å². The van der Waals surface area contributed by atoms with Gasteiger partial charge in [0, 0.05) is 16.7 Å². The molecule has 0 atom stereocenters. The zero-order chi connectivity index (χ0) is 20.5. The quantitative estimate of drug-likeness (QED) is 0.502. The molecule has 1 aromatic heterocycles. The third-order valence-corrected chi connectivity index (χ3v) is 4.92. The molecule has 0 aliphatic rings. The zero-order valence-electron chi connectivity index (χ0n) is 17.0. The molecule has 0 bridgehead atoms. The summed E-state index contributed by atoms with van der Waals surface area (Å²) in [6.07, 6.45) is 0. The maximum absolute atomic E-state index is 9.61. The zero-order valence-corrected chi connectivity index (χ0v) is 17.0. The summed E-state index contributed by atoms with van der Waals surface area (Å²) in [5.74, 6) is 1.95. The standard InChI is InChI=1S/C25H22N3O/c1-15-5-11-21(17(3)13-15)24-26-23(19-7-9-20(29)10-8-19)27-25(28-24)22-12-6-16(2)14-18(22)4/h5-7,9-14,29H,1-4H3. The number of aromatic hydroxyl groups is 1. The molecule has 4 aromatic rings. The molecule has 0 aliphatic carbocycles. The van der Waals surface area contributed by atoms with Crippen LogP contribution in [0.5, 0.6) is 5.75 Å². The van der Waals surface area contributed by atoms with Crippen LogP contribution in [0.3, 0.4) is 0 Å². The van der Waals surface area contributed by atoms with Gasteiger partial charge in [0.05, 0.1) is 0 Å². The average Bonchev–Trinajstić information content (AvgIpc) is 2.68. The van der Waals surface area contributed by atoms with Crippen LogP contribution in [0.4, 0.5) is 0 Å². The van der Waals surface area contributed by atoms with Gasteiger partial charge in [-0.1, -0.05) is 47.5 Å². The molecule has 0 saturated heterocycles. The topological polar surface area (TPSA) is 58.9 Å². The first kappa shape index (κ1) is 18.8. The minimum atomic E-state index is 0.159. The molecule has 4 rings (SSSR count). The predicted molar refractivity (Wildman–Crippen MR) is 116 cm³/mol. The Labute approximate surface area is 171 Å². The maximum Gasteiger partial charge on any atom is 0.164 e. The van der Waals surface area contributed by atoms with E-state index in [1.807, 2.05) is 0 Å². The van der Waals surface area contributed by atoms with Crippen molar-refractivity contribution in [3.8, 4) is 39.9 Å². The summed E-state index contributed by atoms with van der Waals surface area (Å²) >= 11 is 0. The number of aromatic nitrogens is 3. The van der Waals surface area contributed by atoms with E-state index in [4.69, 9.17) is 15.0 Å². The second kappa shape index (κ2) is 7.47. The van der Waals surface area contributed by atoms with Crippen LogP contribution in [-0.4, -0.2) is 20.1 Å². The first-order chi connectivity index (χ1) is 13.9. The van der Waals surface area contributed by atoms with Gasteiger partial charge in [0.2, 0.25) is 0 Å². The van der Waals surface area contributed by atoms with Crippen molar-refractivity contribution in [3.05, 3.63) is 82.9 Å². The Morgan fingerprint density at radius 2 is 1.17 bits per heavy atom. The highest BCUT2D eigenvalue weighted by atomic mass is 16.3. The van der Waals surface area contributed by atoms with Crippen LogP contribution in [-0.2, 0) is 0 Å². The summed E-state index contributed by atoms with van der Waals surface area (Å²) in [6, 6.07) is 20.4. The average molecular weight is 380 g/mol. The Kier molecular flexibility index (Phi) is 4.85. The molecule has 0 aliphatic heterocycles. The van der Waals surface area contributed by atoms with Crippen molar-refractivity contribution in [1.29, 1.82) is 0 Å². The van der Waals surface area contributed by atoms with Crippen LogP contribution in [0, 0.1) is 33.8 Å². The largest absolute Gasteiger partial charge is 0.508 e. The molecule has 0 saturated carbocycles. The summed E-state index contributed by atoms with van der Waals surface area (Å²) in [5, 5.41) is 9.61. The Morgan fingerprint density at radius 3 is 1.62 bits per heavy atom. The molecule has 1 heterocycles. The number of rotatable bonds is 3. The highest BCUT2D eigenvalue weighted by Gasteiger charge is 2.15. The Balaban J connectivity index is 1.95. The van der Waals surface area contributed by atoms with Crippen molar-refractivity contribution in [2.75, 3.05) is 0 Å².